The number of alkyl halides is 12. The van der Waals surface area contributed by atoms with Crippen LogP contribution in [0, 0.1) is 0 Å². The van der Waals surface area contributed by atoms with E-state index in [1.165, 1.54) is 30.3 Å². The number of benzene rings is 5. The lowest BCUT2D eigenvalue weighted by atomic mass is 9.94. The average Bonchev–Trinajstić information content (AvgIpc) is 3.07. The van der Waals surface area contributed by atoms with Crippen molar-refractivity contribution in [1.82, 2.24) is 0 Å². The van der Waals surface area contributed by atoms with Gasteiger partial charge in [-0.3, -0.25) is 0 Å². The van der Waals surface area contributed by atoms with Gasteiger partial charge in [0.25, 0.3) is 0 Å². The van der Waals surface area contributed by atoms with Crippen molar-refractivity contribution in [3.05, 3.63) is 125 Å². The van der Waals surface area contributed by atoms with Gasteiger partial charge in [-0.15, -0.1) is 12.6 Å². The highest BCUT2D eigenvalue weighted by atomic mass is 32.2. The van der Waals surface area contributed by atoms with E-state index in [0.29, 0.717) is 27.1 Å². The zero-order chi connectivity index (χ0) is 40.9. The van der Waals surface area contributed by atoms with Crippen LogP contribution in [0.25, 0.3) is 22.3 Å². The minimum absolute atomic E-state index is 0.00975. The van der Waals surface area contributed by atoms with E-state index in [0.717, 1.165) is 24.3 Å². The molecule has 292 valence electrons. The van der Waals surface area contributed by atoms with Crippen LogP contribution in [0.15, 0.2) is 118 Å². The Bertz CT molecular complexity index is 2390. The third-order valence-electron chi connectivity index (χ3n) is 7.46. The van der Waals surface area contributed by atoms with E-state index in [9.17, 15) is 69.5 Å². The fourth-order valence-corrected chi connectivity index (χ4v) is 7.28. The second kappa shape index (κ2) is 14.3. The summed E-state index contributed by atoms with van der Waals surface area (Å²) in [6.45, 7) is 0. The van der Waals surface area contributed by atoms with Crippen LogP contribution in [-0.4, -0.2) is 16.8 Å². The summed E-state index contributed by atoms with van der Waals surface area (Å²) in [5, 5.41) is 0. The van der Waals surface area contributed by atoms with E-state index >= 15 is 0 Å². The predicted octanol–water partition coefficient (Wildman–Crippen LogP) is 10.9. The standard InChI is InChI=1S/C34H18F12O6S3/c35-31(36,37)20-12-21(32(38,39)40)15-26(14-20)54(47,48)51-24-8-4-18(5-9-24)28-2-1-3-29(53)30(28)19-6-10-25(11-7-19)52-55(49,50)27-16-22(33(41,42)43)13-23(17-27)34(44,45)46/h1-17,53H. The molecule has 6 nitrogen and oxygen atoms in total. The van der Waals surface area contributed by atoms with Crippen LogP contribution in [0.3, 0.4) is 0 Å². The molecule has 21 heteroatoms. The maximum atomic E-state index is 13.3. The van der Waals surface area contributed by atoms with Crippen LogP contribution in [0.2, 0.25) is 0 Å². The molecule has 0 aromatic heterocycles. The second-order valence-corrected chi connectivity index (χ2v) is 14.9. The zero-order valence-electron chi connectivity index (χ0n) is 26.6. The molecule has 5 aromatic rings. The monoisotopic (exact) mass is 846 g/mol. The van der Waals surface area contributed by atoms with Gasteiger partial charge in [-0.25, -0.2) is 0 Å². The first kappa shape index (κ1) is 41.3. The SMILES string of the molecule is O=S(=O)(Oc1ccc(-c2cccc(S)c2-c2ccc(OS(=O)(=O)c3cc(C(F)(F)F)cc(C(F)(F)F)c3)cc2)cc1)c1cc(C(F)(F)F)cc(C(F)(F)F)c1. The molecule has 5 aromatic carbocycles. The third-order valence-corrected chi connectivity index (χ3v) is 10.3. The number of thiol groups is 1. The van der Waals surface area contributed by atoms with Crippen molar-refractivity contribution in [2.45, 2.75) is 39.4 Å². The van der Waals surface area contributed by atoms with Gasteiger partial charge in [-0.2, -0.15) is 69.5 Å². The highest BCUT2D eigenvalue weighted by Crippen LogP contribution is 2.41. The van der Waals surface area contributed by atoms with E-state index < -0.39 is 88.5 Å². The first-order valence-corrected chi connectivity index (χ1v) is 17.9. The lowest BCUT2D eigenvalue weighted by Gasteiger charge is -2.16. The minimum atomic E-state index is -5.33. The van der Waals surface area contributed by atoms with E-state index in [1.54, 1.807) is 12.1 Å². The molecule has 5 rings (SSSR count). The van der Waals surface area contributed by atoms with E-state index in [4.69, 9.17) is 8.37 Å². The molecule has 0 atom stereocenters. The molecule has 0 saturated heterocycles. The summed E-state index contributed by atoms with van der Waals surface area (Å²) in [4.78, 5) is -2.51. The molecule has 0 bridgehead atoms. The van der Waals surface area contributed by atoms with Gasteiger partial charge in [0, 0.05) is 10.5 Å². The molecule has 55 heavy (non-hydrogen) atoms. The summed E-state index contributed by atoms with van der Waals surface area (Å²) >= 11 is 4.44. The average molecular weight is 847 g/mol. The fraction of sp³-hybridized carbons (Fsp3) is 0.118. The molecule has 0 aliphatic carbocycles. The molecular formula is C34H18F12O6S3. The maximum Gasteiger partial charge on any atom is 0.416 e. The molecule has 0 heterocycles. The summed E-state index contributed by atoms with van der Waals surface area (Å²) in [5.74, 6) is -0.997. The molecule has 0 N–H and O–H groups in total. The molecular weight excluding hydrogens is 829 g/mol. The molecule has 0 fully saturated rings. The first-order chi connectivity index (χ1) is 25.1. The van der Waals surface area contributed by atoms with Gasteiger partial charge in [-0.1, -0.05) is 36.4 Å². The summed E-state index contributed by atoms with van der Waals surface area (Å²) < 4.78 is 220. The highest BCUT2D eigenvalue weighted by Gasteiger charge is 2.40. The van der Waals surface area contributed by atoms with Gasteiger partial charge in [0.05, 0.1) is 22.3 Å². The highest BCUT2D eigenvalue weighted by molar-refractivity contribution is 7.87. The van der Waals surface area contributed by atoms with Gasteiger partial charge in [0.15, 0.2) is 0 Å². The number of hydrogen-bond donors (Lipinski definition) is 1. The largest absolute Gasteiger partial charge is 0.416 e. The van der Waals surface area contributed by atoms with Crippen molar-refractivity contribution >= 4 is 32.9 Å². The van der Waals surface area contributed by atoms with Gasteiger partial charge >= 0.3 is 44.9 Å². The molecule has 0 aliphatic rings. The Morgan fingerprint density at radius 1 is 0.436 bits per heavy atom. The summed E-state index contributed by atoms with van der Waals surface area (Å²) in [5.41, 5.74) is -6.12. The van der Waals surface area contributed by atoms with Crippen molar-refractivity contribution in [3.63, 3.8) is 0 Å². The lowest BCUT2D eigenvalue weighted by Crippen LogP contribution is -2.16. The molecule has 0 amide bonds. The third kappa shape index (κ3) is 9.50. The Morgan fingerprint density at radius 2 is 0.764 bits per heavy atom. The van der Waals surface area contributed by atoms with Crippen molar-refractivity contribution < 1.29 is 77.9 Å². The Balaban J connectivity index is 1.42. The van der Waals surface area contributed by atoms with Crippen molar-refractivity contribution in [2.75, 3.05) is 0 Å². The normalized spacial score (nSPS) is 13.1. The Labute approximate surface area is 308 Å². The molecule has 0 saturated carbocycles. The van der Waals surface area contributed by atoms with Crippen molar-refractivity contribution in [3.8, 4) is 33.8 Å². The summed E-state index contributed by atoms with van der Waals surface area (Å²) in [6, 6.07) is 13.5. The topological polar surface area (TPSA) is 86.7 Å². The summed E-state index contributed by atoms with van der Waals surface area (Å²) in [7, 11) is -10.5. The Kier molecular flexibility index (Phi) is 10.7. The molecule has 0 radical (unpaired) electrons. The number of rotatable bonds is 8. The van der Waals surface area contributed by atoms with Crippen LogP contribution in [0.5, 0.6) is 11.5 Å². The van der Waals surface area contributed by atoms with Crippen LogP contribution in [0.4, 0.5) is 52.7 Å². The summed E-state index contributed by atoms with van der Waals surface area (Å²) in [6.07, 6.45) is -21.3. The van der Waals surface area contributed by atoms with Crippen LogP contribution >= 0.6 is 12.6 Å². The zero-order valence-corrected chi connectivity index (χ0v) is 29.1. The van der Waals surface area contributed by atoms with Crippen LogP contribution in [-0.2, 0) is 44.9 Å². The Morgan fingerprint density at radius 3 is 1.09 bits per heavy atom. The van der Waals surface area contributed by atoms with Crippen LogP contribution < -0.4 is 8.37 Å². The number of hydrogen-bond acceptors (Lipinski definition) is 7. The fourth-order valence-electron chi connectivity index (χ4n) is 4.94. The first-order valence-electron chi connectivity index (χ1n) is 14.7. The lowest BCUT2D eigenvalue weighted by molar-refractivity contribution is -0.145. The van der Waals surface area contributed by atoms with E-state index in [-0.39, 0.29) is 36.4 Å². The molecule has 0 unspecified atom stereocenters. The van der Waals surface area contributed by atoms with Gasteiger partial charge in [-0.05, 0) is 83.4 Å². The van der Waals surface area contributed by atoms with E-state index in [2.05, 4.69) is 12.6 Å². The number of halogens is 12. The quantitative estimate of drug-likeness (QED) is 0.0951. The van der Waals surface area contributed by atoms with Gasteiger partial charge in [0.1, 0.15) is 21.3 Å². The van der Waals surface area contributed by atoms with Gasteiger partial charge in [0.2, 0.25) is 0 Å². The van der Waals surface area contributed by atoms with Gasteiger partial charge < -0.3 is 8.37 Å². The molecule has 0 aliphatic heterocycles. The molecule has 0 spiro atoms. The van der Waals surface area contributed by atoms with Crippen molar-refractivity contribution in [1.29, 1.82) is 0 Å². The minimum Gasteiger partial charge on any atom is -0.379 e. The second-order valence-electron chi connectivity index (χ2n) is 11.3. The smallest absolute Gasteiger partial charge is 0.379 e. The Hall–Kier alpha value is -4.89. The predicted molar refractivity (Wildman–Crippen MR) is 173 cm³/mol. The van der Waals surface area contributed by atoms with E-state index in [1.807, 2.05) is 0 Å². The van der Waals surface area contributed by atoms with Crippen LogP contribution in [0.1, 0.15) is 22.3 Å². The van der Waals surface area contributed by atoms with Crippen molar-refractivity contribution in [2.24, 2.45) is 0 Å². The maximum absolute atomic E-state index is 13.3.